The summed E-state index contributed by atoms with van der Waals surface area (Å²) >= 11 is 0. The Hall–Kier alpha value is -3.32. The molecule has 0 aliphatic carbocycles. The molecule has 0 saturated carbocycles. The molecule has 1 heterocycles. The number of allylic oxidation sites excluding steroid dienone is 5. The summed E-state index contributed by atoms with van der Waals surface area (Å²) in [4.78, 5) is 12.6. The van der Waals surface area contributed by atoms with Crippen LogP contribution in [0.2, 0.25) is 0 Å². The van der Waals surface area contributed by atoms with Gasteiger partial charge in [0.2, 0.25) is 0 Å². The van der Waals surface area contributed by atoms with Crippen molar-refractivity contribution in [2.75, 3.05) is 0 Å². The monoisotopic (exact) mass is 374 g/mol. The van der Waals surface area contributed by atoms with E-state index in [1.807, 2.05) is 43.3 Å². The van der Waals surface area contributed by atoms with E-state index in [1.165, 1.54) is 6.07 Å². The van der Waals surface area contributed by atoms with Gasteiger partial charge in [-0.3, -0.25) is 4.79 Å². The van der Waals surface area contributed by atoms with Gasteiger partial charge in [0.05, 0.1) is 18.2 Å². The van der Waals surface area contributed by atoms with E-state index < -0.39 is 0 Å². The summed E-state index contributed by atoms with van der Waals surface area (Å²) < 4.78 is 7.50. The van der Waals surface area contributed by atoms with Crippen LogP contribution in [0.15, 0.2) is 77.6 Å². The Balaban J connectivity index is 2.22. The molecule has 28 heavy (non-hydrogen) atoms. The number of benzene rings is 1. The molecule has 0 atom stereocenters. The molecule has 2 rings (SSSR count). The molecule has 4 nitrogen and oxygen atoms in total. The average molecular weight is 374 g/mol. The maximum atomic E-state index is 12.6. The van der Waals surface area contributed by atoms with E-state index in [0.717, 1.165) is 16.8 Å². The fourth-order valence-electron chi connectivity index (χ4n) is 2.86. The van der Waals surface area contributed by atoms with Crippen LogP contribution in [0.4, 0.5) is 0 Å². The number of nitriles is 1. The van der Waals surface area contributed by atoms with Crippen molar-refractivity contribution in [3.63, 3.8) is 0 Å². The molecule has 1 aromatic heterocycles. The highest BCUT2D eigenvalue weighted by Gasteiger charge is 2.08. The minimum absolute atomic E-state index is 0.120. The van der Waals surface area contributed by atoms with Gasteiger partial charge in [-0.25, -0.2) is 0 Å². The number of ether oxygens (including phenoxy) is 1. The van der Waals surface area contributed by atoms with E-state index in [9.17, 15) is 10.1 Å². The molecule has 0 aliphatic rings. The Kier molecular flexibility index (Phi) is 7.59. The standard InChI is InChI=1S/C24H26N2O2/c1-5-6-9-20(12-18(2)3)16-26-19(4)13-23(14-24(26)27)28-17-22-11-8-7-10-21(22)15-25/h5-14,18H,1,16-17H2,2-4H3/b9-6-,20-12+. The fourth-order valence-corrected chi connectivity index (χ4v) is 2.86. The van der Waals surface area contributed by atoms with Crippen molar-refractivity contribution in [1.29, 1.82) is 5.26 Å². The molecule has 144 valence electrons. The van der Waals surface area contributed by atoms with Crippen molar-refractivity contribution >= 4 is 0 Å². The summed E-state index contributed by atoms with van der Waals surface area (Å²) in [6, 6.07) is 12.8. The van der Waals surface area contributed by atoms with Gasteiger partial charge in [0.25, 0.3) is 5.56 Å². The van der Waals surface area contributed by atoms with Crippen molar-refractivity contribution in [3.8, 4) is 11.8 Å². The number of hydrogen-bond acceptors (Lipinski definition) is 3. The lowest BCUT2D eigenvalue weighted by molar-refractivity contribution is 0.304. The number of nitrogens with zero attached hydrogens (tertiary/aromatic N) is 2. The van der Waals surface area contributed by atoms with Crippen LogP contribution in [0.5, 0.6) is 5.75 Å². The predicted octanol–water partition coefficient (Wildman–Crippen LogP) is 4.93. The second-order valence-corrected chi connectivity index (χ2v) is 6.89. The zero-order chi connectivity index (χ0) is 20.5. The lowest BCUT2D eigenvalue weighted by Gasteiger charge is -2.14. The molecule has 0 saturated heterocycles. The van der Waals surface area contributed by atoms with E-state index >= 15 is 0 Å². The summed E-state index contributed by atoms with van der Waals surface area (Å²) in [5.74, 6) is 0.880. The van der Waals surface area contributed by atoms with Gasteiger partial charge in [-0.05, 0) is 30.5 Å². The molecule has 0 bridgehead atoms. The lowest BCUT2D eigenvalue weighted by atomic mass is 10.1. The maximum absolute atomic E-state index is 12.6. The first-order valence-corrected chi connectivity index (χ1v) is 9.26. The smallest absolute Gasteiger partial charge is 0.254 e. The maximum Gasteiger partial charge on any atom is 0.254 e. The third-order valence-corrected chi connectivity index (χ3v) is 4.18. The van der Waals surface area contributed by atoms with Crippen LogP contribution >= 0.6 is 0 Å². The first-order chi connectivity index (χ1) is 13.4. The average Bonchev–Trinajstić information content (AvgIpc) is 2.66. The number of pyridine rings is 1. The van der Waals surface area contributed by atoms with Gasteiger partial charge >= 0.3 is 0 Å². The van der Waals surface area contributed by atoms with Crippen molar-refractivity contribution in [1.82, 2.24) is 4.57 Å². The van der Waals surface area contributed by atoms with Gasteiger partial charge in [-0.15, -0.1) is 0 Å². The molecule has 0 spiro atoms. The van der Waals surface area contributed by atoms with Gasteiger partial charge in [-0.2, -0.15) is 5.26 Å². The van der Waals surface area contributed by atoms with Crippen LogP contribution < -0.4 is 10.3 Å². The highest BCUT2D eigenvalue weighted by molar-refractivity contribution is 5.37. The quantitative estimate of drug-likeness (QED) is 0.616. The second kappa shape index (κ2) is 10.1. The zero-order valence-corrected chi connectivity index (χ0v) is 16.7. The minimum Gasteiger partial charge on any atom is -0.489 e. The van der Waals surface area contributed by atoms with Crippen molar-refractivity contribution in [3.05, 3.63) is 100 Å². The van der Waals surface area contributed by atoms with Gasteiger partial charge in [0.1, 0.15) is 12.4 Å². The van der Waals surface area contributed by atoms with E-state index in [1.54, 1.807) is 16.7 Å². The van der Waals surface area contributed by atoms with Crippen molar-refractivity contribution in [2.24, 2.45) is 5.92 Å². The minimum atomic E-state index is -0.120. The molecule has 0 radical (unpaired) electrons. The number of aryl methyl sites for hydroxylation is 1. The molecule has 0 aliphatic heterocycles. The third kappa shape index (κ3) is 5.85. The van der Waals surface area contributed by atoms with E-state index in [4.69, 9.17) is 4.74 Å². The Bertz CT molecular complexity index is 988. The molecule has 0 N–H and O–H groups in total. The van der Waals surface area contributed by atoms with Crippen LogP contribution in [0.1, 0.15) is 30.7 Å². The molecule has 1 aromatic carbocycles. The summed E-state index contributed by atoms with van der Waals surface area (Å²) in [7, 11) is 0. The third-order valence-electron chi connectivity index (χ3n) is 4.18. The van der Waals surface area contributed by atoms with E-state index in [0.29, 0.717) is 23.8 Å². The first kappa shape index (κ1) is 21.0. The van der Waals surface area contributed by atoms with Crippen molar-refractivity contribution in [2.45, 2.75) is 33.9 Å². The number of rotatable bonds is 8. The van der Waals surface area contributed by atoms with E-state index in [2.05, 4.69) is 32.6 Å². The Morgan fingerprint density at radius 3 is 2.71 bits per heavy atom. The van der Waals surface area contributed by atoms with Crippen LogP contribution in [-0.4, -0.2) is 4.57 Å². The Labute approximate surface area is 166 Å². The molecule has 4 heteroatoms. The highest BCUT2D eigenvalue weighted by atomic mass is 16.5. The van der Waals surface area contributed by atoms with E-state index in [-0.39, 0.29) is 12.2 Å². The molecular formula is C24H26N2O2. The van der Waals surface area contributed by atoms with Gasteiger partial charge < -0.3 is 9.30 Å². The molecule has 2 aromatic rings. The zero-order valence-electron chi connectivity index (χ0n) is 16.7. The molecular weight excluding hydrogens is 348 g/mol. The Morgan fingerprint density at radius 2 is 2.07 bits per heavy atom. The van der Waals surface area contributed by atoms with Gasteiger partial charge in [-0.1, -0.05) is 62.9 Å². The largest absolute Gasteiger partial charge is 0.489 e. The van der Waals surface area contributed by atoms with Crippen LogP contribution in [0, 0.1) is 24.2 Å². The molecule has 0 amide bonds. The Morgan fingerprint density at radius 1 is 1.32 bits per heavy atom. The second-order valence-electron chi connectivity index (χ2n) is 6.89. The summed E-state index contributed by atoms with van der Waals surface area (Å²) in [6.07, 6.45) is 7.70. The number of hydrogen-bond donors (Lipinski definition) is 0. The van der Waals surface area contributed by atoms with Crippen LogP contribution in [-0.2, 0) is 13.2 Å². The highest BCUT2D eigenvalue weighted by Crippen LogP contribution is 2.16. The predicted molar refractivity (Wildman–Crippen MR) is 113 cm³/mol. The fraction of sp³-hybridized carbons (Fsp3) is 0.250. The van der Waals surface area contributed by atoms with Gasteiger partial charge in [0, 0.05) is 17.3 Å². The normalized spacial score (nSPS) is 11.6. The lowest BCUT2D eigenvalue weighted by Crippen LogP contribution is -2.22. The number of aromatic nitrogens is 1. The van der Waals surface area contributed by atoms with Crippen LogP contribution in [0.25, 0.3) is 0 Å². The first-order valence-electron chi connectivity index (χ1n) is 9.26. The van der Waals surface area contributed by atoms with Crippen molar-refractivity contribution < 1.29 is 4.74 Å². The summed E-state index contributed by atoms with van der Waals surface area (Å²) in [5, 5.41) is 9.17. The molecule has 0 unspecified atom stereocenters. The SMILES string of the molecule is C=C/C=C\C(=C/C(C)C)Cn1c(C)cc(OCc2ccccc2C#N)cc1=O. The summed E-state index contributed by atoms with van der Waals surface area (Å²) in [5.41, 5.74) is 3.12. The topological polar surface area (TPSA) is 55.0 Å². The van der Waals surface area contributed by atoms with Crippen LogP contribution in [0.3, 0.4) is 0 Å². The molecule has 0 fully saturated rings. The summed E-state index contributed by atoms with van der Waals surface area (Å²) in [6.45, 7) is 10.5. The van der Waals surface area contributed by atoms with Gasteiger partial charge in [0.15, 0.2) is 0 Å².